The molecule has 0 bridgehead atoms. The minimum absolute atomic E-state index is 0.755. The van der Waals surface area contributed by atoms with E-state index in [0.29, 0.717) is 0 Å². The van der Waals surface area contributed by atoms with Crippen LogP contribution in [0.5, 0.6) is 0 Å². The number of rotatable bonds is 3. The van der Waals surface area contributed by atoms with Crippen molar-refractivity contribution in [3.8, 4) is 0 Å². The highest BCUT2D eigenvalue weighted by Crippen LogP contribution is 2.34. The third kappa shape index (κ3) is 6.64. The fourth-order valence-electron chi connectivity index (χ4n) is 0.210. The van der Waals surface area contributed by atoms with Crippen LogP contribution in [0.4, 0.5) is 0 Å². The molecule has 0 aliphatic carbocycles. The highest BCUT2D eigenvalue weighted by atomic mass is 31.2. The van der Waals surface area contributed by atoms with Gasteiger partial charge in [0.05, 0.1) is 0 Å². The second kappa shape index (κ2) is 3.63. The molecule has 4 nitrogen and oxygen atoms in total. The third-order valence-electron chi connectivity index (χ3n) is 0.464. The SMILES string of the molecule is C[CH2][AlH][O]P(=O)(O)O. The van der Waals surface area contributed by atoms with Gasteiger partial charge in [-0.15, -0.1) is 0 Å². The molecule has 0 aliphatic heterocycles. The highest BCUT2D eigenvalue weighted by Gasteiger charge is 2.11. The van der Waals surface area contributed by atoms with E-state index in [1.165, 1.54) is 0 Å². The van der Waals surface area contributed by atoms with E-state index in [0.717, 1.165) is 5.28 Å². The normalized spacial score (nSPS) is 11.4. The Morgan fingerprint density at radius 1 is 1.75 bits per heavy atom. The second-order valence-corrected chi connectivity index (χ2v) is 4.75. The number of hydrogen-bond acceptors (Lipinski definition) is 2. The average molecular weight is 154 g/mol. The molecule has 0 aromatic rings. The molecule has 8 heavy (non-hydrogen) atoms. The molecule has 6 heteroatoms. The van der Waals surface area contributed by atoms with Gasteiger partial charge in [0.15, 0.2) is 0 Å². The zero-order valence-corrected chi connectivity index (χ0v) is 6.88. The molecule has 0 atom stereocenters. The van der Waals surface area contributed by atoms with Crippen molar-refractivity contribution in [2.45, 2.75) is 12.2 Å². The minimum atomic E-state index is -4.12. The molecule has 0 saturated carbocycles. The highest BCUT2D eigenvalue weighted by molar-refractivity contribution is 7.47. The van der Waals surface area contributed by atoms with E-state index in [1.54, 1.807) is 0 Å². The average Bonchev–Trinajstić information content (AvgIpc) is 1.59. The van der Waals surface area contributed by atoms with Gasteiger partial charge in [0.25, 0.3) is 0 Å². The van der Waals surface area contributed by atoms with Crippen LogP contribution in [0, 0.1) is 0 Å². The molecule has 0 aliphatic rings. The molecule has 48 valence electrons. The first kappa shape index (κ1) is 8.64. The van der Waals surface area contributed by atoms with E-state index in [1.807, 2.05) is 6.92 Å². The second-order valence-electron chi connectivity index (χ2n) is 1.32. The Labute approximate surface area is 54.1 Å². The van der Waals surface area contributed by atoms with Gasteiger partial charge in [0.1, 0.15) is 0 Å². The minimum Gasteiger partial charge on any atom is -0.419 e. The molecule has 0 aromatic heterocycles. The lowest BCUT2D eigenvalue weighted by Crippen LogP contribution is -1.92. The van der Waals surface area contributed by atoms with Crippen LogP contribution in [0.2, 0.25) is 5.28 Å². The third-order valence-corrected chi connectivity index (χ3v) is 2.95. The summed E-state index contributed by atoms with van der Waals surface area (Å²) in [5.74, 6) is 0. The molecular weight excluding hydrogens is 146 g/mol. The van der Waals surface area contributed by atoms with E-state index in [2.05, 4.69) is 3.58 Å². The summed E-state index contributed by atoms with van der Waals surface area (Å²) in [6, 6.07) is 0. The van der Waals surface area contributed by atoms with Crippen LogP contribution >= 0.6 is 7.82 Å². The van der Waals surface area contributed by atoms with Crippen LogP contribution in [0.1, 0.15) is 6.92 Å². The summed E-state index contributed by atoms with van der Waals surface area (Å²) in [5.41, 5.74) is 0. The molecule has 0 aromatic carbocycles. The Bertz CT molecular complexity index is 98.2. The zero-order chi connectivity index (χ0) is 6.62. The summed E-state index contributed by atoms with van der Waals surface area (Å²) in [4.78, 5) is 16.1. The van der Waals surface area contributed by atoms with Gasteiger partial charge in [-0.3, -0.25) is 0 Å². The Morgan fingerprint density at radius 2 is 2.25 bits per heavy atom. The van der Waals surface area contributed by atoms with Gasteiger partial charge >= 0.3 is 23.4 Å². The summed E-state index contributed by atoms with van der Waals surface area (Å²) in [6.45, 7) is 1.84. The van der Waals surface area contributed by atoms with Crippen LogP contribution < -0.4 is 0 Å². The number of hydrogen-bond donors (Lipinski definition) is 2. The lowest BCUT2D eigenvalue weighted by atomic mass is 11.0. The van der Waals surface area contributed by atoms with Crippen molar-refractivity contribution in [3.05, 3.63) is 0 Å². The van der Waals surface area contributed by atoms with E-state index < -0.39 is 23.4 Å². The first-order valence-corrected chi connectivity index (χ1v) is 5.37. The topological polar surface area (TPSA) is 66.8 Å². The summed E-state index contributed by atoms with van der Waals surface area (Å²) in [6.07, 6.45) is 0. The predicted octanol–water partition coefficient (Wildman–Crippen LogP) is -0.115. The monoisotopic (exact) mass is 154 g/mol. The number of phosphoric acid groups is 1. The smallest absolute Gasteiger partial charge is 0.419 e. The van der Waals surface area contributed by atoms with Crippen molar-refractivity contribution in [3.63, 3.8) is 0 Å². The van der Waals surface area contributed by atoms with Gasteiger partial charge in [-0.25, -0.2) is 4.57 Å². The van der Waals surface area contributed by atoms with Crippen molar-refractivity contribution in [1.82, 2.24) is 0 Å². The Morgan fingerprint density at radius 3 is 2.38 bits per heavy atom. The van der Waals surface area contributed by atoms with E-state index >= 15 is 0 Å². The summed E-state index contributed by atoms with van der Waals surface area (Å²) < 4.78 is 14.1. The van der Waals surface area contributed by atoms with Gasteiger partial charge in [-0.2, -0.15) is 0 Å². The first-order valence-electron chi connectivity index (χ1n) is 2.26. The molecule has 0 rings (SSSR count). The van der Waals surface area contributed by atoms with Crippen LogP contribution in [0.15, 0.2) is 0 Å². The van der Waals surface area contributed by atoms with E-state index in [4.69, 9.17) is 9.79 Å². The molecule has 0 amide bonds. The van der Waals surface area contributed by atoms with Gasteiger partial charge < -0.3 is 13.4 Å². The van der Waals surface area contributed by atoms with Crippen LogP contribution in [-0.4, -0.2) is 25.3 Å². The molecule has 0 saturated heterocycles. The lowest BCUT2D eigenvalue weighted by Gasteiger charge is -2.00. The van der Waals surface area contributed by atoms with Gasteiger partial charge in [-0.1, -0.05) is 12.2 Å². The molecule has 0 fully saturated rings. The van der Waals surface area contributed by atoms with Crippen molar-refractivity contribution in [2.24, 2.45) is 0 Å². The summed E-state index contributed by atoms with van der Waals surface area (Å²) in [7, 11) is -4.12. The fourth-order valence-corrected chi connectivity index (χ4v) is 1.89. The first-order chi connectivity index (χ1) is 3.56. The van der Waals surface area contributed by atoms with Crippen LogP contribution in [-0.2, 0) is 8.14 Å². The summed E-state index contributed by atoms with van der Waals surface area (Å²) >= 11 is -0.946. The predicted molar refractivity (Wildman–Crippen MR) is 30.8 cm³/mol. The van der Waals surface area contributed by atoms with Crippen molar-refractivity contribution < 1.29 is 17.9 Å². The summed E-state index contributed by atoms with van der Waals surface area (Å²) in [5, 5.41) is 0.755. The van der Waals surface area contributed by atoms with Crippen molar-refractivity contribution in [1.29, 1.82) is 0 Å². The fraction of sp³-hybridized carbons (Fsp3) is 1.00. The Kier molecular flexibility index (Phi) is 3.92. The molecule has 0 radical (unpaired) electrons. The Hall–Kier alpha value is 0.642. The maximum absolute atomic E-state index is 9.90. The van der Waals surface area contributed by atoms with Gasteiger partial charge in [-0.05, 0) is 0 Å². The lowest BCUT2D eigenvalue weighted by molar-refractivity contribution is 0.288. The molecule has 0 spiro atoms. The van der Waals surface area contributed by atoms with Crippen LogP contribution in [0.25, 0.3) is 0 Å². The van der Waals surface area contributed by atoms with Crippen molar-refractivity contribution >= 4 is 23.4 Å². The molecule has 0 heterocycles. The maximum Gasteiger partial charge on any atom is 0.450 e. The molecule has 2 N–H and O–H groups in total. The van der Waals surface area contributed by atoms with E-state index in [9.17, 15) is 4.57 Å². The quantitative estimate of drug-likeness (QED) is 0.439. The molecule has 0 unspecified atom stereocenters. The largest absolute Gasteiger partial charge is 0.450 e. The van der Waals surface area contributed by atoms with Gasteiger partial charge in [0.2, 0.25) is 0 Å². The van der Waals surface area contributed by atoms with Crippen LogP contribution in [0.3, 0.4) is 0 Å². The van der Waals surface area contributed by atoms with Gasteiger partial charge in [0, 0.05) is 0 Å². The molecular formula is C2H8AlO4P. The van der Waals surface area contributed by atoms with E-state index in [-0.39, 0.29) is 0 Å². The Balaban J connectivity index is 3.26. The zero-order valence-electron chi connectivity index (χ0n) is 4.57. The standard InChI is InChI=1S/C2H5.Al.H3O4P.H/c1-2;;1-5(2,3)4;/h1H2,2H3;;(H3,1,2,3,4);/q;+1;;/p-1. The maximum atomic E-state index is 9.90. The van der Waals surface area contributed by atoms with Crippen molar-refractivity contribution in [2.75, 3.05) is 0 Å².